The lowest BCUT2D eigenvalue weighted by Crippen LogP contribution is -1.97. The molecule has 48 heavy (non-hydrogen) atoms. The molecule has 0 amide bonds. The summed E-state index contributed by atoms with van der Waals surface area (Å²) in [5.41, 5.74) is 9.90. The molecule has 7 aromatic carbocycles. The van der Waals surface area contributed by atoms with Gasteiger partial charge in [-0.05, 0) is 53.6 Å². The van der Waals surface area contributed by atoms with Crippen molar-refractivity contribution in [2.75, 3.05) is 0 Å². The molecule has 4 heteroatoms. The highest BCUT2D eigenvalue weighted by molar-refractivity contribution is 7.26. The number of hydrogen-bond donors (Lipinski definition) is 0. The van der Waals surface area contributed by atoms with Crippen molar-refractivity contribution in [3.05, 3.63) is 164 Å². The Labute approximate surface area is 281 Å². The maximum absolute atomic E-state index is 5.19. The Bertz CT molecular complexity index is 2810. The molecule has 0 aliphatic carbocycles. The topological polar surface area (TPSA) is 30.7 Å². The van der Waals surface area contributed by atoms with Gasteiger partial charge in [0.2, 0.25) is 0 Å². The van der Waals surface area contributed by atoms with E-state index < -0.39 is 0 Å². The summed E-state index contributed by atoms with van der Waals surface area (Å²) in [5, 5.41) is 6.19. The minimum atomic E-state index is 0.719. The smallest absolute Gasteiger partial charge is 0.160 e. The van der Waals surface area contributed by atoms with Gasteiger partial charge in [0.25, 0.3) is 0 Å². The van der Waals surface area contributed by atoms with Crippen LogP contribution >= 0.6 is 11.3 Å². The molecule has 0 unspecified atom stereocenters. The summed E-state index contributed by atoms with van der Waals surface area (Å²) in [7, 11) is 0. The fraction of sp³-hybridized carbons (Fsp3) is 0. The van der Waals surface area contributed by atoms with Crippen LogP contribution in [0, 0.1) is 0 Å². The van der Waals surface area contributed by atoms with Gasteiger partial charge in [-0.2, -0.15) is 0 Å². The summed E-state index contributed by atoms with van der Waals surface area (Å²) in [5.74, 6) is 0.719. The molecule has 0 saturated carbocycles. The molecule has 224 valence electrons. The predicted molar refractivity (Wildman–Crippen MR) is 203 cm³/mol. The van der Waals surface area contributed by atoms with Crippen LogP contribution in [0.25, 0.3) is 92.3 Å². The van der Waals surface area contributed by atoms with E-state index in [2.05, 4.69) is 156 Å². The van der Waals surface area contributed by atoms with Crippen LogP contribution in [0.15, 0.2) is 164 Å². The number of nitrogens with zero attached hydrogens (tertiary/aromatic N) is 3. The number of thiophene rings is 1. The van der Waals surface area contributed by atoms with Gasteiger partial charge in [-0.3, -0.25) is 0 Å². The zero-order valence-corrected chi connectivity index (χ0v) is 26.7. The van der Waals surface area contributed by atoms with Gasteiger partial charge >= 0.3 is 0 Å². The summed E-state index contributed by atoms with van der Waals surface area (Å²) in [6.45, 7) is 0. The summed E-state index contributed by atoms with van der Waals surface area (Å²) in [6, 6.07) is 58.2. The zero-order chi connectivity index (χ0) is 31.6. The number of benzene rings is 7. The van der Waals surface area contributed by atoms with E-state index >= 15 is 0 Å². The van der Waals surface area contributed by atoms with Crippen molar-refractivity contribution in [2.45, 2.75) is 0 Å². The monoisotopic (exact) mass is 629 g/mol. The van der Waals surface area contributed by atoms with E-state index in [1.165, 1.54) is 53.1 Å². The molecule has 3 heterocycles. The van der Waals surface area contributed by atoms with Crippen LogP contribution in [-0.2, 0) is 0 Å². The highest BCUT2D eigenvalue weighted by atomic mass is 32.1. The van der Waals surface area contributed by atoms with Crippen molar-refractivity contribution in [1.29, 1.82) is 0 Å². The fourth-order valence-corrected chi connectivity index (χ4v) is 8.38. The molecular weight excluding hydrogens is 603 g/mol. The first kappa shape index (κ1) is 27.1. The molecule has 0 radical (unpaired) electrons. The molecule has 10 rings (SSSR count). The molecule has 0 atom stereocenters. The maximum atomic E-state index is 5.19. The summed E-state index contributed by atoms with van der Waals surface area (Å²) >= 11 is 1.87. The molecule has 0 aliphatic rings. The summed E-state index contributed by atoms with van der Waals surface area (Å²) in [6.07, 6.45) is 0. The minimum Gasteiger partial charge on any atom is -0.308 e. The maximum Gasteiger partial charge on any atom is 0.160 e. The Morgan fingerprint density at radius 2 is 1.04 bits per heavy atom. The predicted octanol–water partition coefficient (Wildman–Crippen LogP) is 12.1. The van der Waals surface area contributed by atoms with E-state index in [-0.39, 0.29) is 0 Å². The summed E-state index contributed by atoms with van der Waals surface area (Å²) in [4.78, 5) is 10.2. The number of fused-ring (bicyclic) bond motifs is 8. The van der Waals surface area contributed by atoms with Crippen LogP contribution in [0.5, 0.6) is 0 Å². The molecule has 10 aromatic rings. The van der Waals surface area contributed by atoms with Gasteiger partial charge in [-0.25, -0.2) is 9.97 Å². The lowest BCUT2D eigenvalue weighted by molar-refractivity contribution is 1.18. The van der Waals surface area contributed by atoms with Crippen LogP contribution in [-0.4, -0.2) is 14.5 Å². The van der Waals surface area contributed by atoms with Crippen LogP contribution in [0.1, 0.15) is 0 Å². The summed E-state index contributed by atoms with van der Waals surface area (Å²) < 4.78 is 5.05. The second-order valence-electron chi connectivity index (χ2n) is 12.2. The Kier molecular flexibility index (Phi) is 6.05. The Hall–Kier alpha value is -6.10. The fourth-order valence-electron chi connectivity index (χ4n) is 7.14. The van der Waals surface area contributed by atoms with Gasteiger partial charge in [-0.1, -0.05) is 121 Å². The Morgan fingerprint density at radius 3 is 1.88 bits per heavy atom. The van der Waals surface area contributed by atoms with Crippen LogP contribution in [0.3, 0.4) is 0 Å². The first-order valence-corrected chi connectivity index (χ1v) is 17.0. The van der Waals surface area contributed by atoms with Crippen molar-refractivity contribution in [2.24, 2.45) is 0 Å². The minimum absolute atomic E-state index is 0.719. The molecule has 0 fully saturated rings. The van der Waals surface area contributed by atoms with Gasteiger partial charge in [0.05, 0.1) is 26.9 Å². The second kappa shape index (κ2) is 10.7. The lowest BCUT2D eigenvalue weighted by Gasteiger charge is -2.12. The van der Waals surface area contributed by atoms with Gasteiger partial charge < -0.3 is 4.57 Å². The highest BCUT2D eigenvalue weighted by Crippen LogP contribution is 2.43. The first-order valence-electron chi connectivity index (χ1n) is 16.2. The largest absolute Gasteiger partial charge is 0.308 e. The number of aromatic nitrogens is 3. The third kappa shape index (κ3) is 4.20. The molecular formula is C44H27N3S. The normalized spacial score (nSPS) is 11.8. The van der Waals surface area contributed by atoms with Crippen molar-refractivity contribution >= 4 is 64.2 Å². The lowest BCUT2D eigenvalue weighted by atomic mass is 10.0. The van der Waals surface area contributed by atoms with Gasteiger partial charge in [0.15, 0.2) is 5.82 Å². The molecule has 0 bridgehead atoms. The van der Waals surface area contributed by atoms with Crippen molar-refractivity contribution < 1.29 is 0 Å². The molecule has 3 aromatic heterocycles. The van der Waals surface area contributed by atoms with E-state index in [1.54, 1.807) is 0 Å². The standard InChI is InChI=1S/C44H27N3S/c1-2-10-28(11-3-1)29-18-20-30(21-19-29)41-37-14-4-7-15-38(37)45-44(46-41)31-22-24-32(25-23-31)47-39-16-8-5-12-33(39)35-26-27-36-34-13-6-9-17-40(34)48-43(36)42(35)47/h1-27H. The average Bonchev–Trinajstić information content (AvgIpc) is 3.71. The third-order valence-corrected chi connectivity index (χ3v) is 10.6. The van der Waals surface area contributed by atoms with Gasteiger partial charge in [0, 0.05) is 48.4 Å². The number of para-hydroxylation sites is 2. The first-order chi connectivity index (χ1) is 23.8. The molecule has 3 nitrogen and oxygen atoms in total. The van der Waals surface area contributed by atoms with E-state index in [0.29, 0.717) is 0 Å². The van der Waals surface area contributed by atoms with Crippen molar-refractivity contribution in [3.8, 4) is 39.5 Å². The molecule has 0 spiro atoms. The van der Waals surface area contributed by atoms with E-state index in [0.717, 1.165) is 39.2 Å². The number of hydrogen-bond acceptors (Lipinski definition) is 3. The highest BCUT2D eigenvalue weighted by Gasteiger charge is 2.18. The number of rotatable bonds is 4. The van der Waals surface area contributed by atoms with Crippen LogP contribution in [0.2, 0.25) is 0 Å². The third-order valence-electron chi connectivity index (χ3n) is 9.43. The molecule has 0 N–H and O–H groups in total. The van der Waals surface area contributed by atoms with E-state index in [9.17, 15) is 0 Å². The van der Waals surface area contributed by atoms with Crippen molar-refractivity contribution in [1.82, 2.24) is 14.5 Å². The molecule has 0 saturated heterocycles. The van der Waals surface area contributed by atoms with E-state index in [4.69, 9.17) is 9.97 Å². The zero-order valence-electron chi connectivity index (χ0n) is 25.8. The van der Waals surface area contributed by atoms with Gasteiger partial charge in [-0.15, -0.1) is 11.3 Å². The van der Waals surface area contributed by atoms with Crippen molar-refractivity contribution in [3.63, 3.8) is 0 Å². The molecule has 0 aliphatic heterocycles. The Balaban J connectivity index is 1.12. The second-order valence-corrected chi connectivity index (χ2v) is 13.2. The SMILES string of the molecule is c1ccc(-c2ccc(-c3nc(-c4ccc(-n5c6ccccc6c6ccc7c8ccccc8sc7c65)cc4)nc4ccccc34)cc2)cc1. The van der Waals surface area contributed by atoms with Gasteiger partial charge in [0.1, 0.15) is 0 Å². The quantitative estimate of drug-likeness (QED) is 0.194. The average molecular weight is 630 g/mol. The van der Waals surface area contributed by atoms with Crippen LogP contribution < -0.4 is 0 Å². The van der Waals surface area contributed by atoms with E-state index in [1.807, 2.05) is 23.5 Å². The van der Waals surface area contributed by atoms with Crippen LogP contribution in [0.4, 0.5) is 0 Å². The Morgan fingerprint density at radius 1 is 0.417 bits per heavy atom.